The Morgan fingerprint density at radius 2 is 1.85 bits per heavy atom. The molecule has 0 aliphatic carbocycles. The normalized spacial score (nSPS) is 9.85. The summed E-state index contributed by atoms with van der Waals surface area (Å²) in [5, 5.41) is 11.5. The molecule has 2 aromatic rings. The van der Waals surface area contributed by atoms with Gasteiger partial charge in [0.05, 0.1) is 12.5 Å². The molecule has 0 spiro atoms. The molecular formula is C17H16N2O. The second-order valence-electron chi connectivity index (χ2n) is 4.80. The first-order valence-electron chi connectivity index (χ1n) is 6.44. The van der Waals surface area contributed by atoms with Gasteiger partial charge < -0.3 is 5.32 Å². The minimum absolute atomic E-state index is 0.137. The summed E-state index contributed by atoms with van der Waals surface area (Å²) in [4.78, 5) is 12.2. The smallest absolute Gasteiger partial charge is 0.255 e. The highest BCUT2D eigenvalue weighted by molar-refractivity contribution is 6.04. The molecule has 1 amide bonds. The van der Waals surface area contributed by atoms with Crippen molar-refractivity contribution in [3.05, 3.63) is 64.7 Å². The van der Waals surface area contributed by atoms with Crippen LogP contribution in [0.5, 0.6) is 0 Å². The number of benzene rings is 2. The van der Waals surface area contributed by atoms with Crippen LogP contribution in [0.15, 0.2) is 42.5 Å². The van der Waals surface area contributed by atoms with E-state index in [1.165, 1.54) is 0 Å². The first kappa shape index (κ1) is 13.8. The van der Waals surface area contributed by atoms with Gasteiger partial charge in [-0.15, -0.1) is 0 Å². The number of rotatable bonds is 3. The molecule has 0 fully saturated rings. The van der Waals surface area contributed by atoms with Gasteiger partial charge in [0.1, 0.15) is 0 Å². The maximum Gasteiger partial charge on any atom is 0.255 e. The monoisotopic (exact) mass is 264 g/mol. The van der Waals surface area contributed by atoms with Crippen LogP contribution >= 0.6 is 0 Å². The Morgan fingerprint density at radius 3 is 2.50 bits per heavy atom. The van der Waals surface area contributed by atoms with E-state index in [4.69, 9.17) is 5.26 Å². The van der Waals surface area contributed by atoms with Gasteiger partial charge in [0, 0.05) is 11.3 Å². The zero-order chi connectivity index (χ0) is 14.5. The zero-order valence-corrected chi connectivity index (χ0v) is 11.6. The van der Waals surface area contributed by atoms with Crippen molar-refractivity contribution in [3.63, 3.8) is 0 Å². The van der Waals surface area contributed by atoms with E-state index in [1.54, 1.807) is 24.3 Å². The van der Waals surface area contributed by atoms with Gasteiger partial charge in [-0.05, 0) is 48.7 Å². The molecule has 2 rings (SSSR count). The second-order valence-corrected chi connectivity index (χ2v) is 4.80. The van der Waals surface area contributed by atoms with E-state index >= 15 is 0 Å². The Bertz CT molecular complexity index is 666. The Labute approximate surface area is 118 Å². The summed E-state index contributed by atoms with van der Waals surface area (Å²) in [7, 11) is 0. The molecule has 0 aromatic heterocycles. The fourth-order valence-corrected chi connectivity index (χ4v) is 1.93. The molecular weight excluding hydrogens is 248 g/mol. The summed E-state index contributed by atoms with van der Waals surface area (Å²) in [5.41, 5.74) is 4.47. The van der Waals surface area contributed by atoms with Crippen molar-refractivity contribution >= 4 is 11.6 Å². The molecule has 0 saturated heterocycles. The number of carbonyl (C=O) groups excluding carboxylic acids is 1. The number of hydrogen-bond acceptors (Lipinski definition) is 2. The molecule has 2 aromatic carbocycles. The number of carbonyl (C=O) groups is 1. The van der Waals surface area contributed by atoms with Crippen LogP contribution in [0.2, 0.25) is 0 Å². The molecule has 0 unspecified atom stereocenters. The van der Waals surface area contributed by atoms with Gasteiger partial charge in [-0.1, -0.05) is 24.3 Å². The van der Waals surface area contributed by atoms with Crippen molar-refractivity contribution < 1.29 is 4.79 Å². The van der Waals surface area contributed by atoms with Crippen LogP contribution < -0.4 is 5.32 Å². The average Bonchev–Trinajstić information content (AvgIpc) is 2.44. The molecule has 0 aliphatic rings. The lowest BCUT2D eigenvalue weighted by molar-refractivity contribution is 0.102. The molecule has 100 valence electrons. The summed E-state index contributed by atoms with van der Waals surface area (Å²) >= 11 is 0. The second kappa shape index (κ2) is 6.03. The third-order valence-corrected chi connectivity index (χ3v) is 3.14. The van der Waals surface area contributed by atoms with Crippen molar-refractivity contribution in [2.45, 2.75) is 20.3 Å². The van der Waals surface area contributed by atoms with Gasteiger partial charge in [-0.3, -0.25) is 4.79 Å². The lowest BCUT2D eigenvalue weighted by Gasteiger charge is -2.09. The van der Waals surface area contributed by atoms with Crippen LogP contribution in [0.3, 0.4) is 0 Å². The zero-order valence-electron chi connectivity index (χ0n) is 11.6. The largest absolute Gasteiger partial charge is 0.322 e. The Morgan fingerprint density at radius 1 is 1.15 bits per heavy atom. The number of nitrogens with one attached hydrogen (secondary N) is 1. The van der Waals surface area contributed by atoms with Gasteiger partial charge >= 0.3 is 0 Å². The molecule has 20 heavy (non-hydrogen) atoms. The molecule has 0 aliphatic heterocycles. The minimum Gasteiger partial charge on any atom is -0.322 e. The highest BCUT2D eigenvalue weighted by atomic mass is 16.1. The number of nitrogens with zero attached hydrogens (tertiary/aromatic N) is 1. The fourth-order valence-electron chi connectivity index (χ4n) is 1.93. The average molecular weight is 264 g/mol. The number of amides is 1. The molecule has 0 atom stereocenters. The number of nitriles is 1. The first-order valence-corrected chi connectivity index (χ1v) is 6.44. The van der Waals surface area contributed by atoms with E-state index in [-0.39, 0.29) is 5.91 Å². The summed E-state index contributed by atoms with van der Waals surface area (Å²) in [6.07, 6.45) is 0.360. The van der Waals surface area contributed by atoms with E-state index in [0.717, 1.165) is 22.4 Å². The predicted octanol–water partition coefficient (Wildman–Crippen LogP) is 3.62. The van der Waals surface area contributed by atoms with Gasteiger partial charge in [0.25, 0.3) is 5.91 Å². The molecule has 0 bridgehead atoms. The third kappa shape index (κ3) is 3.24. The van der Waals surface area contributed by atoms with Gasteiger partial charge in [0.2, 0.25) is 0 Å². The van der Waals surface area contributed by atoms with Crippen LogP contribution in [-0.2, 0) is 6.42 Å². The summed E-state index contributed by atoms with van der Waals surface area (Å²) < 4.78 is 0. The van der Waals surface area contributed by atoms with E-state index < -0.39 is 0 Å². The molecule has 0 heterocycles. The summed E-state index contributed by atoms with van der Waals surface area (Å²) in [6, 6.07) is 15.1. The van der Waals surface area contributed by atoms with Crippen molar-refractivity contribution in [1.29, 1.82) is 5.26 Å². The standard InChI is InChI=1S/C17H16N2O/c1-12-3-4-13(2)16(11-12)19-17(20)15-7-5-14(6-8-15)9-10-18/h3-8,11H,9H2,1-2H3,(H,19,20). The van der Waals surface area contributed by atoms with Crippen molar-refractivity contribution in [3.8, 4) is 6.07 Å². The van der Waals surface area contributed by atoms with Crippen molar-refractivity contribution in [1.82, 2.24) is 0 Å². The molecule has 1 N–H and O–H groups in total. The van der Waals surface area contributed by atoms with Crippen LogP contribution in [-0.4, -0.2) is 5.91 Å². The molecule has 3 heteroatoms. The van der Waals surface area contributed by atoms with E-state index in [2.05, 4.69) is 11.4 Å². The van der Waals surface area contributed by atoms with Crippen LogP contribution in [0.4, 0.5) is 5.69 Å². The van der Waals surface area contributed by atoms with Crippen LogP contribution in [0.25, 0.3) is 0 Å². The fraction of sp³-hybridized carbons (Fsp3) is 0.176. The van der Waals surface area contributed by atoms with Crippen molar-refractivity contribution in [2.75, 3.05) is 5.32 Å². The van der Waals surface area contributed by atoms with Crippen LogP contribution in [0.1, 0.15) is 27.0 Å². The van der Waals surface area contributed by atoms with Crippen molar-refractivity contribution in [2.24, 2.45) is 0 Å². The third-order valence-electron chi connectivity index (χ3n) is 3.14. The maximum atomic E-state index is 12.2. The first-order chi connectivity index (χ1) is 9.60. The maximum absolute atomic E-state index is 12.2. The Hall–Kier alpha value is -2.60. The van der Waals surface area contributed by atoms with E-state index in [0.29, 0.717) is 12.0 Å². The quantitative estimate of drug-likeness (QED) is 0.920. The van der Waals surface area contributed by atoms with Crippen LogP contribution in [0, 0.1) is 25.2 Å². The lowest BCUT2D eigenvalue weighted by atomic mass is 10.1. The summed E-state index contributed by atoms with van der Waals surface area (Å²) in [6.45, 7) is 3.96. The number of aryl methyl sites for hydroxylation is 2. The Kier molecular flexibility index (Phi) is 4.17. The van der Waals surface area contributed by atoms with Gasteiger partial charge in [0.15, 0.2) is 0 Å². The van der Waals surface area contributed by atoms with Gasteiger partial charge in [-0.25, -0.2) is 0 Å². The predicted molar refractivity (Wildman–Crippen MR) is 79.6 cm³/mol. The highest BCUT2D eigenvalue weighted by Crippen LogP contribution is 2.17. The highest BCUT2D eigenvalue weighted by Gasteiger charge is 2.07. The Balaban J connectivity index is 2.15. The lowest BCUT2D eigenvalue weighted by Crippen LogP contribution is -2.12. The van der Waals surface area contributed by atoms with E-state index in [1.807, 2.05) is 32.0 Å². The number of hydrogen-bond donors (Lipinski definition) is 1. The molecule has 3 nitrogen and oxygen atoms in total. The van der Waals surface area contributed by atoms with Gasteiger partial charge in [-0.2, -0.15) is 5.26 Å². The van der Waals surface area contributed by atoms with E-state index in [9.17, 15) is 4.79 Å². The number of anilines is 1. The topological polar surface area (TPSA) is 52.9 Å². The molecule has 0 saturated carbocycles. The minimum atomic E-state index is -0.137. The SMILES string of the molecule is Cc1ccc(C)c(NC(=O)c2ccc(CC#N)cc2)c1. The molecule has 0 radical (unpaired) electrons. The summed E-state index contributed by atoms with van der Waals surface area (Å²) in [5.74, 6) is -0.137.